The van der Waals surface area contributed by atoms with Crippen LogP contribution in [-0.4, -0.2) is 45.9 Å². The van der Waals surface area contributed by atoms with E-state index in [1.54, 1.807) is 40.9 Å². The lowest BCUT2D eigenvalue weighted by Crippen LogP contribution is -2.37. The van der Waals surface area contributed by atoms with Crippen LogP contribution in [0.4, 0.5) is 5.82 Å². The van der Waals surface area contributed by atoms with E-state index < -0.39 is 31.5 Å². The number of rotatable bonds is 9. The Labute approximate surface area is 201 Å². The standard InChI is InChI=1S/C22H25N6O6P/c1-15(21(29)31-2)27-35(30,34-16-6-4-3-5-7-16)32-13-22(12-23)11-10-19(33-22)17-8-9-18-20(24)25-14-26-28(17)18/h3-9,14-15,19H,10-11,13H2,1-2H3,(H,27,30)(H2,24,25,26)/t15-,19+,22+,35?/m0/s1. The molecule has 3 heterocycles. The summed E-state index contributed by atoms with van der Waals surface area (Å²) in [6, 6.07) is 13.1. The molecule has 0 amide bonds. The van der Waals surface area contributed by atoms with Crippen LogP contribution in [0.3, 0.4) is 0 Å². The van der Waals surface area contributed by atoms with E-state index in [0.717, 1.165) is 0 Å². The molecule has 35 heavy (non-hydrogen) atoms. The lowest BCUT2D eigenvalue weighted by molar-refractivity contribution is -0.142. The van der Waals surface area contributed by atoms with Crippen LogP contribution in [0.25, 0.3) is 5.52 Å². The van der Waals surface area contributed by atoms with Crippen molar-refractivity contribution in [1.29, 1.82) is 5.26 Å². The first-order chi connectivity index (χ1) is 16.8. The molecule has 13 heteroatoms. The first kappa shape index (κ1) is 24.6. The lowest BCUT2D eigenvalue weighted by Gasteiger charge is -2.27. The van der Waals surface area contributed by atoms with Crippen molar-refractivity contribution >= 4 is 25.1 Å². The monoisotopic (exact) mass is 500 g/mol. The predicted molar refractivity (Wildman–Crippen MR) is 124 cm³/mol. The van der Waals surface area contributed by atoms with Crippen molar-refractivity contribution in [2.24, 2.45) is 0 Å². The second-order valence-electron chi connectivity index (χ2n) is 8.00. The zero-order valence-electron chi connectivity index (χ0n) is 19.2. The van der Waals surface area contributed by atoms with Gasteiger partial charge >= 0.3 is 13.7 Å². The van der Waals surface area contributed by atoms with E-state index >= 15 is 0 Å². The second kappa shape index (κ2) is 10.0. The number of anilines is 1. The van der Waals surface area contributed by atoms with E-state index in [1.807, 2.05) is 6.07 Å². The minimum atomic E-state index is -4.12. The summed E-state index contributed by atoms with van der Waals surface area (Å²) in [5.41, 5.74) is 5.83. The third-order valence-electron chi connectivity index (χ3n) is 5.57. The number of carbonyl (C=O) groups is 1. The Morgan fingerprint density at radius 3 is 2.89 bits per heavy atom. The smallest absolute Gasteiger partial charge is 0.459 e. The van der Waals surface area contributed by atoms with Crippen LogP contribution in [-0.2, 0) is 23.4 Å². The van der Waals surface area contributed by atoms with Crippen molar-refractivity contribution in [1.82, 2.24) is 19.7 Å². The number of para-hydroxylation sites is 1. The number of nitrogens with one attached hydrogen (secondary N) is 1. The van der Waals surface area contributed by atoms with Crippen LogP contribution in [0, 0.1) is 11.3 Å². The number of nitrogen functional groups attached to an aromatic ring is 1. The fourth-order valence-electron chi connectivity index (χ4n) is 3.77. The molecule has 3 aromatic rings. The lowest BCUT2D eigenvalue weighted by atomic mass is 10.0. The van der Waals surface area contributed by atoms with E-state index in [0.29, 0.717) is 29.9 Å². The molecule has 3 N–H and O–H groups in total. The number of nitriles is 1. The quantitative estimate of drug-likeness (QED) is 0.328. The maximum atomic E-state index is 13.6. The number of fused-ring (bicyclic) bond motifs is 1. The van der Waals surface area contributed by atoms with Crippen LogP contribution >= 0.6 is 7.75 Å². The van der Waals surface area contributed by atoms with Crippen LogP contribution < -0.4 is 15.3 Å². The van der Waals surface area contributed by atoms with Crippen LogP contribution in [0.5, 0.6) is 5.75 Å². The molecule has 1 aromatic carbocycles. The molecule has 0 aliphatic carbocycles. The van der Waals surface area contributed by atoms with Crippen molar-refractivity contribution in [2.45, 2.75) is 37.5 Å². The summed E-state index contributed by atoms with van der Waals surface area (Å²) in [5.74, 6) is -0.0727. The SMILES string of the molecule is COC(=O)[C@H](C)NP(=O)(OC[C@]1(C#N)CC[C@H](c2ccc3c(N)ncnn23)O1)Oc1ccccc1. The van der Waals surface area contributed by atoms with Crippen molar-refractivity contribution in [3.05, 3.63) is 54.5 Å². The van der Waals surface area contributed by atoms with Gasteiger partial charge in [-0.15, -0.1) is 0 Å². The highest BCUT2D eigenvalue weighted by atomic mass is 31.2. The summed E-state index contributed by atoms with van der Waals surface area (Å²) in [6.45, 7) is 1.09. The highest BCUT2D eigenvalue weighted by molar-refractivity contribution is 7.52. The van der Waals surface area contributed by atoms with Gasteiger partial charge in [-0.25, -0.2) is 14.1 Å². The van der Waals surface area contributed by atoms with Gasteiger partial charge in [0.15, 0.2) is 11.4 Å². The number of nitrogens with zero attached hydrogens (tertiary/aromatic N) is 4. The Hall–Kier alpha value is -3.49. The summed E-state index contributed by atoms with van der Waals surface area (Å²) in [5, 5.41) is 16.7. The van der Waals surface area contributed by atoms with Crippen molar-refractivity contribution < 1.29 is 27.9 Å². The first-order valence-electron chi connectivity index (χ1n) is 10.8. The maximum absolute atomic E-state index is 13.6. The molecule has 1 aliphatic rings. The molecule has 4 atom stereocenters. The molecule has 0 bridgehead atoms. The highest BCUT2D eigenvalue weighted by Gasteiger charge is 2.45. The number of carbonyl (C=O) groups excluding carboxylic acids is 1. The Morgan fingerprint density at radius 1 is 1.40 bits per heavy atom. The molecule has 1 saturated heterocycles. The van der Waals surface area contributed by atoms with Crippen LogP contribution in [0.1, 0.15) is 31.6 Å². The zero-order valence-corrected chi connectivity index (χ0v) is 20.1. The van der Waals surface area contributed by atoms with Gasteiger partial charge in [-0.3, -0.25) is 9.32 Å². The average Bonchev–Trinajstić information content (AvgIpc) is 3.48. The predicted octanol–water partition coefficient (Wildman–Crippen LogP) is 2.78. The molecule has 0 spiro atoms. The Balaban J connectivity index is 1.52. The van der Waals surface area contributed by atoms with Gasteiger partial charge in [0, 0.05) is 0 Å². The third-order valence-corrected chi connectivity index (χ3v) is 7.19. The largest absolute Gasteiger partial charge is 0.468 e. The van der Waals surface area contributed by atoms with E-state index in [2.05, 4.69) is 21.2 Å². The van der Waals surface area contributed by atoms with Gasteiger partial charge in [-0.05, 0) is 44.0 Å². The van der Waals surface area contributed by atoms with Gasteiger partial charge in [0.25, 0.3) is 0 Å². The molecule has 184 valence electrons. The Kier molecular flexibility index (Phi) is 7.05. The zero-order chi connectivity index (χ0) is 25.1. The number of benzene rings is 1. The Morgan fingerprint density at radius 2 is 2.17 bits per heavy atom. The molecule has 2 aromatic heterocycles. The van der Waals surface area contributed by atoms with Gasteiger partial charge < -0.3 is 19.7 Å². The fraction of sp³-hybridized carbons (Fsp3) is 0.364. The van der Waals surface area contributed by atoms with Gasteiger partial charge in [0.2, 0.25) is 0 Å². The van der Waals surface area contributed by atoms with E-state index in [4.69, 9.17) is 24.3 Å². The molecule has 0 radical (unpaired) electrons. The number of methoxy groups -OCH3 is 1. The summed E-state index contributed by atoms with van der Waals surface area (Å²) in [6.07, 6.45) is 1.65. The minimum absolute atomic E-state index is 0.258. The number of esters is 1. The van der Waals surface area contributed by atoms with E-state index in [1.165, 1.54) is 20.4 Å². The molecule has 1 unspecified atom stereocenters. The second-order valence-corrected chi connectivity index (χ2v) is 9.69. The fourth-order valence-corrected chi connectivity index (χ4v) is 5.30. The Bertz CT molecular complexity index is 1290. The molecule has 4 rings (SSSR count). The van der Waals surface area contributed by atoms with Gasteiger partial charge in [0.1, 0.15) is 42.4 Å². The maximum Gasteiger partial charge on any atom is 0.459 e. The highest BCUT2D eigenvalue weighted by Crippen LogP contribution is 2.48. The van der Waals surface area contributed by atoms with Crippen molar-refractivity contribution in [3.63, 3.8) is 0 Å². The summed E-state index contributed by atoms with van der Waals surface area (Å²) < 4.78 is 37.3. The van der Waals surface area contributed by atoms with Crippen molar-refractivity contribution in [3.8, 4) is 11.8 Å². The van der Waals surface area contributed by atoms with Gasteiger partial charge in [-0.2, -0.15) is 15.4 Å². The summed E-state index contributed by atoms with van der Waals surface area (Å²) in [7, 11) is -2.91. The first-order valence-corrected chi connectivity index (χ1v) is 12.3. The van der Waals surface area contributed by atoms with E-state index in [-0.39, 0.29) is 12.4 Å². The molecule has 1 aliphatic heterocycles. The normalized spacial score (nSPS) is 22.3. The van der Waals surface area contributed by atoms with Crippen molar-refractivity contribution in [2.75, 3.05) is 19.5 Å². The number of ether oxygens (including phenoxy) is 2. The molecule has 12 nitrogen and oxygen atoms in total. The minimum Gasteiger partial charge on any atom is -0.468 e. The van der Waals surface area contributed by atoms with Crippen LogP contribution in [0.2, 0.25) is 0 Å². The topological polar surface area (TPSA) is 163 Å². The number of aromatic nitrogens is 3. The van der Waals surface area contributed by atoms with Gasteiger partial charge in [-0.1, -0.05) is 18.2 Å². The average molecular weight is 500 g/mol. The molecular formula is C22H25N6O6P. The summed E-state index contributed by atoms with van der Waals surface area (Å²) >= 11 is 0. The third kappa shape index (κ3) is 5.28. The van der Waals surface area contributed by atoms with Crippen LogP contribution in [0.15, 0.2) is 48.8 Å². The van der Waals surface area contributed by atoms with Gasteiger partial charge in [0.05, 0.1) is 12.8 Å². The van der Waals surface area contributed by atoms with E-state index in [9.17, 15) is 14.6 Å². The number of hydrogen-bond acceptors (Lipinski definition) is 10. The number of nitrogens with two attached hydrogens (primary N) is 1. The molecular weight excluding hydrogens is 475 g/mol. The molecule has 0 saturated carbocycles. The number of hydrogen-bond donors (Lipinski definition) is 2. The molecule has 1 fully saturated rings. The summed E-state index contributed by atoms with van der Waals surface area (Å²) in [4.78, 5) is 15.9.